The highest BCUT2D eigenvalue weighted by atomic mass is 35.5. The van der Waals surface area contributed by atoms with Crippen molar-refractivity contribution < 1.29 is 14.2 Å². The van der Waals surface area contributed by atoms with Crippen molar-refractivity contribution in [3.63, 3.8) is 0 Å². The molecule has 1 amide bonds. The molecule has 10 heteroatoms. The van der Waals surface area contributed by atoms with Crippen molar-refractivity contribution in [3.8, 4) is 29.1 Å². The van der Waals surface area contributed by atoms with Gasteiger partial charge in [-0.25, -0.2) is 10.1 Å². The number of amides is 1. The Morgan fingerprint density at radius 2 is 2.10 bits per heavy atom. The number of aromatic nitrogens is 3. The van der Waals surface area contributed by atoms with E-state index in [9.17, 15) is 10.1 Å². The Bertz CT molecular complexity index is 1140. The van der Waals surface area contributed by atoms with Gasteiger partial charge < -0.3 is 15.4 Å². The van der Waals surface area contributed by atoms with Gasteiger partial charge in [0.25, 0.3) is 5.91 Å². The van der Waals surface area contributed by atoms with Crippen LogP contribution >= 0.6 is 11.6 Å². The number of H-pyrrole nitrogens is 1. The van der Waals surface area contributed by atoms with Crippen molar-refractivity contribution in [2.24, 2.45) is 5.73 Å². The molecule has 1 saturated heterocycles. The van der Waals surface area contributed by atoms with E-state index in [1.54, 1.807) is 46.0 Å². The van der Waals surface area contributed by atoms with Crippen LogP contribution in [0.2, 0.25) is 5.02 Å². The summed E-state index contributed by atoms with van der Waals surface area (Å²) in [6, 6.07) is 10.4. The van der Waals surface area contributed by atoms with E-state index in [-0.39, 0.29) is 17.4 Å². The molecule has 0 bridgehead atoms. The Morgan fingerprint density at radius 3 is 2.74 bits per heavy atom. The number of nitrogens with zero attached hydrogens (tertiary/aromatic N) is 4. The van der Waals surface area contributed by atoms with Gasteiger partial charge in [0, 0.05) is 24.4 Å². The van der Waals surface area contributed by atoms with E-state index >= 15 is 0 Å². The predicted molar refractivity (Wildman–Crippen MR) is 114 cm³/mol. The fourth-order valence-electron chi connectivity index (χ4n) is 3.72. The smallest absolute Gasteiger partial charge is 0.306 e. The Labute approximate surface area is 183 Å². The zero-order valence-corrected chi connectivity index (χ0v) is 17.3. The van der Waals surface area contributed by atoms with Crippen molar-refractivity contribution in [2.45, 2.75) is 18.9 Å². The number of nitriles is 1. The number of rotatable bonds is 5. The molecule has 4 rings (SSSR count). The summed E-state index contributed by atoms with van der Waals surface area (Å²) in [4.78, 5) is 18.0. The van der Waals surface area contributed by atoms with E-state index < -0.39 is 5.91 Å². The summed E-state index contributed by atoms with van der Waals surface area (Å²) in [5.41, 5.74) is 13.4. The van der Waals surface area contributed by atoms with Gasteiger partial charge in [-0.05, 0) is 43.2 Å². The molecule has 1 aliphatic heterocycles. The fourth-order valence-corrected chi connectivity index (χ4v) is 3.83. The van der Waals surface area contributed by atoms with Crippen LogP contribution in [-0.4, -0.2) is 34.0 Å². The van der Waals surface area contributed by atoms with Gasteiger partial charge >= 0.3 is 5.82 Å². The number of carbonyl (C=O) groups excluding carboxylic acids is 1. The highest BCUT2D eigenvalue weighted by Crippen LogP contribution is 2.29. The van der Waals surface area contributed by atoms with Gasteiger partial charge in [-0.3, -0.25) is 10.5 Å². The second-order valence-electron chi connectivity index (χ2n) is 7.26. The first-order valence-corrected chi connectivity index (χ1v) is 10.1. The number of carbonyl (C=O) groups is 1. The largest absolute Gasteiger partial charge is 0.439 e. The minimum absolute atomic E-state index is 0.0566. The van der Waals surface area contributed by atoms with Crippen LogP contribution in [-0.2, 0) is 0 Å². The van der Waals surface area contributed by atoms with Crippen LogP contribution in [0.25, 0.3) is 11.3 Å². The van der Waals surface area contributed by atoms with Crippen LogP contribution in [0.1, 0.15) is 29.2 Å². The maximum Gasteiger partial charge on any atom is 0.306 e. The predicted octanol–water partition coefficient (Wildman–Crippen LogP) is 2.61. The lowest BCUT2D eigenvalue weighted by atomic mass is 10.1. The number of nitrogen functional groups attached to an aromatic ring is 1. The minimum atomic E-state index is -0.624. The summed E-state index contributed by atoms with van der Waals surface area (Å²) < 4.78 is 7.45. The third kappa shape index (κ3) is 4.25. The average molecular weight is 439 g/mol. The molecule has 1 fully saturated rings. The molecule has 158 valence electrons. The fraction of sp³-hybridized carbons (Fsp3) is 0.238. The van der Waals surface area contributed by atoms with E-state index in [1.165, 1.54) is 6.20 Å². The molecule has 1 aliphatic rings. The molecule has 0 aliphatic carbocycles. The van der Waals surface area contributed by atoms with Gasteiger partial charge in [-0.1, -0.05) is 11.6 Å². The quantitative estimate of drug-likeness (QED) is 0.413. The minimum Gasteiger partial charge on any atom is -0.439 e. The number of ether oxygens (including phenoxy) is 1. The van der Waals surface area contributed by atoms with Crippen molar-refractivity contribution in [3.05, 3.63) is 53.2 Å². The number of anilines is 1. The molecule has 9 nitrogen and oxygen atoms in total. The van der Waals surface area contributed by atoms with E-state index in [1.807, 2.05) is 0 Å². The zero-order valence-electron chi connectivity index (χ0n) is 16.6. The number of halogens is 1. The lowest BCUT2D eigenvalue weighted by Gasteiger charge is -2.26. The molecule has 1 aromatic carbocycles. The van der Waals surface area contributed by atoms with Crippen LogP contribution in [0, 0.1) is 11.5 Å². The Morgan fingerprint density at radius 1 is 1.32 bits per heavy atom. The van der Waals surface area contributed by atoms with Crippen molar-refractivity contribution in [1.29, 1.82) is 5.26 Å². The number of benzene rings is 1. The van der Waals surface area contributed by atoms with E-state index in [4.69, 9.17) is 27.8 Å². The first-order chi connectivity index (χ1) is 15.0. The van der Waals surface area contributed by atoms with Gasteiger partial charge in [-0.2, -0.15) is 9.94 Å². The highest BCUT2D eigenvalue weighted by molar-refractivity contribution is 6.30. The van der Waals surface area contributed by atoms with Gasteiger partial charge in [0.05, 0.1) is 11.6 Å². The topological polar surface area (TPSA) is 138 Å². The van der Waals surface area contributed by atoms with Gasteiger partial charge in [0.2, 0.25) is 5.88 Å². The lowest BCUT2D eigenvalue weighted by Crippen LogP contribution is -2.50. The molecule has 0 spiro atoms. The summed E-state index contributed by atoms with van der Waals surface area (Å²) >= 11 is 5.84. The number of aromatic amines is 1. The maximum atomic E-state index is 12.2. The molecular formula is C21H21ClN7O2+. The summed E-state index contributed by atoms with van der Waals surface area (Å²) in [6.07, 6.45) is 5.38. The second-order valence-corrected chi connectivity index (χ2v) is 7.70. The molecule has 0 saturated carbocycles. The zero-order chi connectivity index (χ0) is 22.0. The standard InChI is InChI=1S/C21H20ClN7O2/c22-14-5-8-17(26-10-14)31-16-6-3-13(4-7-16)19-18(21(25)30)20(24)29(27-19)15-2-1-9-28(11-15)12-23/h3-8,10,15H,1-2,9,11H2,(H4,24,25,27,30)/p+1. The van der Waals surface area contributed by atoms with E-state index in [2.05, 4.69) is 16.3 Å². The number of nitrogens with one attached hydrogen (secondary N) is 1. The third-order valence-electron chi connectivity index (χ3n) is 5.21. The summed E-state index contributed by atoms with van der Waals surface area (Å²) in [5, 5.41) is 13.0. The highest BCUT2D eigenvalue weighted by Gasteiger charge is 2.32. The average Bonchev–Trinajstić information content (AvgIpc) is 3.13. The number of pyridine rings is 1. The van der Waals surface area contributed by atoms with Crippen LogP contribution in [0.3, 0.4) is 0 Å². The van der Waals surface area contributed by atoms with Crippen LogP contribution in [0.15, 0.2) is 42.6 Å². The molecule has 2 aromatic heterocycles. The first-order valence-electron chi connectivity index (χ1n) is 9.73. The van der Waals surface area contributed by atoms with Gasteiger partial charge in [0.1, 0.15) is 17.5 Å². The van der Waals surface area contributed by atoms with Crippen molar-refractivity contribution in [1.82, 2.24) is 15.0 Å². The Balaban J connectivity index is 1.63. The number of likely N-dealkylation sites (tertiary alicyclic amines) is 1. The molecule has 31 heavy (non-hydrogen) atoms. The van der Waals surface area contributed by atoms with Crippen molar-refractivity contribution in [2.75, 3.05) is 18.8 Å². The van der Waals surface area contributed by atoms with Gasteiger partial charge in [0.15, 0.2) is 11.8 Å². The summed E-state index contributed by atoms with van der Waals surface area (Å²) in [5.74, 6) is 0.624. The van der Waals surface area contributed by atoms with Crippen LogP contribution in [0.4, 0.5) is 5.82 Å². The molecule has 5 N–H and O–H groups in total. The van der Waals surface area contributed by atoms with Gasteiger partial charge in [-0.15, -0.1) is 0 Å². The van der Waals surface area contributed by atoms with Crippen LogP contribution in [0.5, 0.6) is 11.6 Å². The number of hydrogen-bond acceptors (Lipinski definition) is 6. The molecule has 0 radical (unpaired) electrons. The monoisotopic (exact) mass is 438 g/mol. The SMILES string of the molecule is N#CN1CCCC([n+]2[nH]c(-c3ccc(Oc4ccc(Cl)cn4)cc3)c(C(N)=O)c2N)C1. The molecule has 1 atom stereocenters. The molecular weight excluding hydrogens is 418 g/mol. The number of primary amides is 1. The first kappa shape index (κ1) is 20.5. The number of hydrogen-bond donors (Lipinski definition) is 3. The Hall–Kier alpha value is -3.77. The molecule has 3 aromatic rings. The number of nitrogens with two attached hydrogens (primary N) is 2. The van der Waals surface area contributed by atoms with Crippen molar-refractivity contribution >= 4 is 23.3 Å². The second kappa shape index (κ2) is 8.53. The Kier molecular flexibility index (Phi) is 5.64. The molecule has 1 unspecified atom stereocenters. The third-order valence-corrected chi connectivity index (χ3v) is 5.44. The summed E-state index contributed by atoms with van der Waals surface area (Å²) in [7, 11) is 0. The maximum absolute atomic E-state index is 12.2. The summed E-state index contributed by atoms with van der Waals surface area (Å²) in [6.45, 7) is 1.23. The van der Waals surface area contributed by atoms with E-state index in [0.717, 1.165) is 18.4 Å². The molecule has 3 heterocycles. The lowest BCUT2D eigenvalue weighted by molar-refractivity contribution is -0.761. The number of piperidine rings is 1. The normalized spacial score (nSPS) is 16.0. The van der Waals surface area contributed by atoms with Crippen LogP contribution < -0.4 is 20.9 Å². The van der Waals surface area contributed by atoms with E-state index in [0.29, 0.717) is 35.4 Å².